The van der Waals surface area contributed by atoms with E-state index in [1.807, 2.05) is 14.1 Å². The van der Waals surface area contributed by atoms with Gasteiger partial charge in [0.05, 0.1) is 6.61 Å². The molecule has 2 aliphatic heterocycles. The lowest BCUT2D eigenvalue weighted by molar-refractivity contribution is -0.135. The van der Waals surface area contributed by atoms with Crippen LogP contribution in [0.15, 0.2) is 0 Å². The van der Waals surface area contributed by atoms with Gasteiger partial charge in [0.25, 0.3) is 0 Å². The van der Waals surface area contributed by atoms with E-state index in [0.717, 1.165) is 45.8 Å². The first-order valence-electron chi connectivity index (χ1n) is 6.92. The Morgan fingerprint density at radius 3 is 3.00 bits per heavy atom. The van der Waals surface area contributed by atoms with Crippen LogP contribution in [0.4, 0.5) is 0 Å². The SMILES string of the molecule is CN(C)C(=O)C1CNCCN1CC1CCCOC1. The number of amides is 1. The number of nitrogens with zero attached hydrogens (tertiary/aromatic N) is 2. The van der Waals surface area contributed by atoms with E-state index >= 15 is 0 Å². The molecule has 5 nitrogen and oxygen atoms in total. The molecule has 1 N–H and O–H groups in total. The third-order valence-electron chi connectivity index (χ3n) is 3.83. The van der Waals surface area contributed by atoms with Crippen LogP contribution >= 0.6 is 0 Å². The molecule has 0 saturated carbocycles. The summed E-state index contributed by atoms with van der Waals surface area (Å²) in [5, 5.41) is 3.32. The highest BCUT2D eigenvalue weighted by molar-refractivity contribution is 5.81. The Hall–Kier alpha value is -0.650. The number of hydrogen-bond donors (Lipinski definition) is 1. The van der Waals surface area contributed by atoms with Gasteiger partial charge in [0.2, 0.25) is 5.91 Å². The maximum absolute atomic E-state index is 12.2. The first-order chi connectivity index (χ1) is 8.68. The Morgan fingerprint density at radius 2 is 2.33 bits per heavy atom. The van der Waals surface area contributed by atoms with E-state index in [1.54, 1.807) is 4.90 Å². The largest absolute Gasteiger partial charge is 0.381 e. The Balaban J connectivity index is 1.92. The van der Waals surface area contributed by atoms with Gasteiger partial charge in [0.1, 0.15) is 6.04 Å². The number of nitrogens with one attached hydrogen (secondary N) is 1. The van der Waals surface area contributed by atoms with E-state index < -0.39 is 0 Å². The molecule has 18 heavy (non-hydrogen) atoms. The van der Waals surface area contributed by atoms with E-state index in [2.05, 4.69) is 10.2 Å². The monoisotopic (exact) mass is 255 g/mol. The molecule has 0 aromatic rings. The van der Waals surface area contributed by atoms with Crippen LogP contribution in [0.3, 0.4) is 0 Å². The molecule has 2 atom stereocenters. The highest BCUT2D eigenvalue weighted by Gasteiger charge is 2.31. The molecule has 0 aromatic heterocycles. The van der Waals surface area contributed by atoms with Gasteiger partial charge in [-0.2, -0.15) is 0 Å². The quantitative estimate of drug-likeness (QED) is 0.757. The maximum Gasteiger partial charge on any atom is 0.240 e. The summed E-state index contributed by atoms with van der Waals surface area (Å²) in [5.41, 5.74) is 0. The van der Waals surface area contributed by atoms with E-state index in [9.17, 15) is 4.79 Å². The molecule has 2 fully saturated rings. The molecule has 2 saturated heterocycles. The van der Waals surface area contributed by atoms with E-state index in [0.29, 0.717) is 5.92 Å². The maximum atomic E-state index is 12.2. The third-order valence-corrected chi connectivity index (χ3v) is 3.83. The fourth-order valence-corrected chi connectivity index (χ4v) is 2.79. The minimum Gasteiger partial charge on any atom is -0.381 e. The summed E-state index contributed by atoms with van der Waals surface area (Å²) in [7, 11) is 3.66. The predicted octanol–water partition coefficient (Wildman–Crippen LogP) is -0.225. The molecule has 5 heteroatoms. The van der Waals surface area contributed by atoms with E-state index in [4.69, 9.17) is 4.74 Å². The summed E-state index contributed by atoms with van der Waals surface area (Å²) in [6.07, 6.45) is 2.38. The van der Waals surface area contributed by atoms with Gasteiger partial charge in [-0.15, -0.1) is 0 Å². The molecule has 0 radical (unpaired) electrons. The van der Waals surface area contributed by atoms with Crippen LogP contribution < -0.4 is 5.32 Å². The summed E-state index contributed by atoms with van der Waals surface area (Å²) in [4.78, 5) is 16.2. The normalized spacial score (nSPS) is 30.1. The number of ether oxygens (including phenoxy) is 1. The van der Waals surface area contributed by atoms with Crippen molar-refractivity contribution in [3.8, 4) is 0 Å². The molecule has 0 spiro atoms. The van der Waals surface area contributed by atoms with Crippen molar-refractivity contribution in [3.05, 3.63) is 0 Å². The van der Waals surface area contributed by atoms with Gasteiger partial charge in [-0.3, -0.25) is 9.69 Å². The molecule has 2 unspecified atom stereocenters. The van der Waals surface area contributed by atoms with Crippen LogP contribution in [0.5, 0.6) is 0 Å². The molecule has 2 heterocycles. The third kappa shape index (κ3) is 3.43. The van der Waals surface area contributed by atoms with Gasteiger partial charge in [-0.25, -0.2) is 0 Å². The van der Waals surface area contributed by atoms with Crippen molar-refractivity contribution in [2.45, 2.75) is 18.9 Å². The molecule has 0 aliphatic carbocycles. The van der Waals surface area contributed by atoms with Crippen LogP contribution in [0.1, 0.15) is 12.8 Å². The molecule has 1 amide bonds. The first kappa shape index (κ1) is 13.8. The van der Waals surface area contributed by atoms with Gasteiger partial charge >= 0.3 is 0 Å². The van der Waals surface area contributed by atoms with Crippen LogP contribution in [0, 0.1) is 5.92 Å². The highest BCUT2D eigenvalue weighted by Crippen LogP contribution is 2.17. The molecule has 0 bridgehead atoms. The minimum absolute atomic E-state index is 0.00400. The number of hydrogen-bond acceptors (Lipinski definition) is 4. The van der Waals surface area contributed by atoms with Crippen molar-refractivity contribution in [1.29, 1.82) is 0 Å². The predicted molar refractivity (Wildman–Crippen MR) is 70.5 cm³/mol. The number of carbonyl (C=O) groups is 1. The van der Waals surface area contributed by atoms with Crippen molar-refractivity contribution >= 4 is 5.91 Å². The van der Waals surface area contributed by atoms with Crippen LogP contribution in [-0.2, 0) is 9.53 Å². The van der Waals surface area contributed by atoms with Gasteiger partial charge in [-0.1, -0.05) is 0 Å². The van der Waals surface area contributed by atoms with Gasteiger partial charge in [0, 0.05) is 46.9 Å². The molecular formula is C13H25N3O2. The van der Waals surface area contributed by atoms with Crippen LogP contribution in [0.2, 0.25) is 0 Å². The summed E-state index contributed by atoms with van der Waals surface area (Å²) < 4.78 is 5.53. The van der Waals surface area contributed by atoms with Crippen molar-refractivity contribution in [2.24, 2.45) is 5.92 Å². The average Bonchev–Trinajstić information content (AvgIpc) is 2.39. The van der Waals surface area contributed by atoms with Crippen LogP contribution in [-0.4, -0.2) is 75.2 Å². The second-order valence-corrected chi connectivity index (χ2v) is 5.53. The first-order valence-corrected chi connectivity index (χ1v) is 6.92. The summed E-state index contributed by atoms with van der Waals surface area (Å²) in [5.74, 6) is 0.799. The lowest BCUT2D eigenvalue weighted by atomic mass is 10.00. The molecular weight excluding hydrogens is 230 g/mol. The molecule has 104 valence electrons. The van der Waals surface area contributed by atoms with Gasteiger partial charge in [0.15, 0.2) is 0 Å². The lowest BCUT2D eigenvalue weighted by Gasteiger charge is -2.39. The minimum atomic E-state index is -0.00400. The zero-order chi connectivity index (χ0) is 13.0. The summed E-state index contributed by atoms with van der Waals surface area (Å²) in [6, 6.07) is -0.00400. The number of carbonyl (C=O) groups excluding carboxylic acids is 1. The Kier molecular flexibility index (Phi) is 4.97. The average molecular weight is 255 g/mol. The number of piperazine rings is 1. The van der Waals surface area contributed by atoms with Crippen LogP contribution in [0.25, 0.3) is 0 Å². The summed E-state index contributed by atoms with van der Waals surface area (Å²) in [6.45, 7) is 5.45. The highest BCUT2D eigenvalue weighted by atomic mass is 16.5. The van der Waals surface area contributed by atoms with Crippen molar-refractivity contribution < 1.29 is 9.53 Å². The van der Waals surface area contributed by atoms with Gasteiger partial charge < -0.3 is 15.0 Å². The van der Waals surface area contributed by atoms with Gasteiger partial charge in [-0.05, 0) is 18.8 Å². The zero-order valence-electron chi connectivity index (χ0n) is 11.5. The smallest absolute Gasteiger partial charge is 0.240 e. The standard InChI is InChI=1S/C13H25N3O2/c1-15(2)13(17)12-8-14-5-6-16(12)9-11-4-3-7-18-10-11/h11-12,14H,3-10H2,1-2H3. The topological polar surface area (TPSA) is 44.8 Å². The zero-order valence-corrected chi connectivity index (χ0v) is 11.5. The second kappa shape index (κ2) is 6.50. The second-order valence-electron chi connectivity index (χ2n) is 5.53. The Labute approximate surface area is 109 Å². The van der Waals surface area contributed by atoms with E-state index in [-0.39, 0.29) is 11.9 Å². The Bertz CT molecular complexity index is 277. The van der Waals surface area contributed by atoms with Crippen molar-refractivity contribution in [3.63, 3.8) is 0 Å². The Morgan fingerprint density at radius 1 is 1.50 bits per heavy atom. The lowest BCUT2D eigenvalue weighted by Crippen LogP contribution is -2.58. The molecule has 2 aliphatic rings. The molecule has 0 aromatic carbocycles. The fourth-order valence-electron chi connectivity index (χ4n) is 2.79. The molecule has 2 rings (SSSR count). The van der Waals surface area contributed by atoms with Crippen molar-refractivity contribution in [1.82, 2.24) is 15.1 Å². The fraction of sp³-hybridized carbons (Fsp3) is 0.923. The summed E-state index contributed by atoms with van der Waals surface area (Å²) >= 11 is 0. The van der Waals surface area contributed by atoms with E-state index in [1.165, 1.54) is 6.42 Å². The number of likely N-dealkylation sites (N-methyl/N-ethyl adjacent to an activating group) is 1. The van der Waals surface area contributed by atoms with Crippen molar-refractivity contribution in [2.75, 3.05) is 53.5 Å². The number of rotatable bonds is 3.